The molecule has 5 nitrogen and oxygen atoms in total. The van der Waals surface area contributed by atoms with Gasteiger partial charge in [0.15, 0.2) is 0 Å². The van der Waals surface area contributed by atoms with Gasteiger partial charge < -0.3 is 15.0 Å². The number of hydrogen-bond donors (Lipinski definition) is 1. The number of benzene rings is 1. The van der Waals surface area contributed by atoms with E-state index in [-0.39, 0.29) is 17.8 Å². The second kappa shape index (κ2) is 7.57. The highest BCUT2D eigenvalue weighted by atomic mass is 35.5. The average molecular weight is 342 g/mol. The van der Waals surface area contributed by atoms with Crippen LogP contribution in [-0.4, -0.2) is 67.7 Å². The van der Waals surface area contributed by atoms with Gasteiger partial charge in [-0.25, -0.2) is 4.39 Å². The first-order chi connectivity index (χ1) is 11.1. The molecule has 2 fully saturated rings. The van der Waals surface area contributed by atoms with Gasteiger partial charge in [-0.05, 0) is 12.1 Å². The van der Waals surface area contributed by atoms with Crippen molar-refractivity contribution in [2.45, 2.75) is 12.6 Å². The van der Waals surface area contributed by atoms with E-state index in [2.05, 4.69) is 10.2 Å². The van der Waals surface area contributed by atoms with Gasteiger partial charge in [0.05, 0.1) is 13.2 Å². The third kappa shape index (κ3) is 4.01. The summed E-state index contributed by atoms with van der Waals surface area (Å²) in [4.78, 5) is 16.4. The molecule has 1 N–H and O–H groups in total. The Morgan fingerprint density at radius 2 is 2.13 bits per heavy atom. The quantitative estimate of drug-likeness (QED) is 0.894. The number of hydrogen-bond acceptors (Lipinski definition) is 4. The highest BCUT2D eigenvalue weighted by Gasteiger charge is 2.29. The van der Waals surface area contributed by atoms with E-state index in [4.69, 9.17) is 16.3 Å². The molecule has 2 aliphatic heterocycles. The van der Waals surface area contributed by atoms with E-state index in [0.29, 0.717) is 63.1 Å². The predicted molar refractivity (Wildman–Crippen MR) is 85.9 cm³/mol. The van der Waals surface area contributed by atoms with Gasteiger partial charge in [0.25, 0.3) is 0 Å². The Balaban J connectivity index is 1.53. The summed E-state index contributed by atoms with van der Waals surface area (Å²) in [5, 5.41) is 3.64. The van der Waals surface area contributed by atoms with Crippen molar-refractivity contribution in [2.24, 2.45) is 0 Å². The number of rotatable bonds is 3. The monoisotopic (exact) mass is 341 g/mol. The largest absolute Gasteiger partial charge is 0.378 e. The van der Waals surface area contributed by atoms with Crippen molar-refractivity contribution in [3.05, 3.63) is 34.6 Å². The standard InChI is InChI=1S/C16H21ClFN3O2/c17-13-2-1-3-14(18)12(13)10-20-5-7-21(8-6-20)16(22)15-11-23-9-4-19-15/h1-3,15,19H,4-11H2. The SMILES string of the molecule is O=C(C1COCCN1)N1CCN(Cc2c(F)cccc2Cl)CC1. The number of nitrogens with zero attached hydrogens (tertiary/aromatic N) is 2. The number of morpholine rings is 1. The molecule has 0 radical (unpaired) electrons. The van der Waals surface area contributed by atoms with Gasteiger partial charge in [0.2, 0.25) is 5.91 Å². The van der Waals surface area contributed by atoms with Crippen molar-refractivity contribution in [1.29, 1.82) is 0 Å². The van der Waals surface area contributed by atoms with E-state index >= 15 is 0 Å². The molecular weight excluding hydrogens is 321 g/mol. The van der Waals surface area contributed by atoms with Gasteiger partial charge >= 0.3 is 0 Å². The molecule has 0 aliphatic carbocycles. The molecule has 1 atom stereocenters. The van der Waals surface area contributed by atoms with Crippen molar-refractivity contribution in [1.82, 2.24) is 15.1 Å². The van der Waals surface area contributed by atoms with E-state index in [0.717, 1.165) is 0 Å². The van der Waals surface area contributed by atoms with Crippen LogP contribution >= 0.6 is 11.6 Å². The molecule has 2 saturated heterocycles. The van der Waals surface area contributed by atoms with Gasteiger partial charge in [-0.15, -0.1) is 0 Å². The van der Waals surface area contributed by atoms with E-state index in [1.54, 1.807) is 12.1 Å². The fourth-order valence-corrected chi connectivity index (χ4v) is 3.20. The summed E-state index contributed by atoms with van der Waals surface area (Å²) in [5.41, 5.74) is 0.524. The molecule has 1 aromatic rings. The summed E-state index contributed by atoms with van der Waals surface area (Å²) < 4.78 is 19.2. The molecule has 1 unspecified atom stereocenters. The van der Waals surface area contributed by atoms with E-state index in [1.165, 1.54) is 6.07 Å². The number of carbonyl (C=O) groups is 1. The molecule has 23 heavy (non-hydrogen) atoms. The van der Waals surface area contributed by atoms with Crippen LogP contribution in [0.1, 0.15) is 5.56 Å². The summed E-state index contributed by atoms with van der Waals surface area (Å²) in [6.45, 7) is 4.98. The molecule has 2 heterocycles. The van der Waals surface area contributed by atoms with Crippen molar-refractivity contribution in [3.63, 3.8) is 0 Å². The number of ether oxygens (including phenoxy) is 1. The number of carbonyl (C=O) groups excluding carboxylic acids is 1. The van der Waals surface area contributed by atoms with E-state index < -0.39 is 0 Å². The highest BCUT2D eigenvalue weighted by molar-refractivity contribution is 6.31. The van der Waals surface area contributed by atoms with Crippen molar-refractivity contribution in [2.75, 3.05) is 45.9 Å². The molecule has 0 spiro atoms. The highest BCUT2D eigenvalue weighted by Crippen LogP contribution is 2.21. The molecule has 1 aromatic carbocycles. The molecule has 3 rings (SSSR count). The van der Waals surface area contributed by atoms with Crippen molar-refractivity contribution < 1.29 is 13.9 Å². The van der Waals surface area contributed by atoms with Gasteiger partial charge in [0.1, 0.15) is 11.9 Å². The lowest BCUT2D eigenvalue weighted by Gasteiger charge is -2.37. The Morgan fingerprint density at radius 1 is 1.35 bits per heavy atom. The summed E-state index contributed by atoms with van der Waals surface area (Å²) in [5.74, 6) is -0.187. The minimum Gasteiger partial charge on any atom is -0.378 e. The van der Waals surface area contributed by atoms with E-state index in [9.17, 15) is 9.18 Å². The van der Waals surface area contributed by atoms with Crippen LogP contribution in [0.3, 0.4) is 0 Å². The fraction of sp³-hybridized carbons (Fsp3) is 0.562. The van der Waals surface area contributed by atoms with Gasteiger partial charge in [0, 0.05) is 49.9 Å². The van der Waals surface area contributed by atoms with Crippen LogP contribution in [0.2, 0.25) is 5.02 Å². The lowest BCUT2D eigenvalue weighted by atomic mass is 10.1. The Morgan fingerprint density at radius 3 is 2.78 bits per heavy atom. The third-order valence-corrected chi connectivity index (χ3v) is 4.70. The first-order valence-corrected chi connectivity index (χ1v) is 8.28. The third-order valence-electron chi connectivity index (χ3n) is 4.35. The lowest BCUT2D eigenvalue weighted by molar-refractivity contribution is -0.138. The minimum atomic E-state index is -0.278. The number of amides is 1. The first-order valence-electron chi connectivity index (χ1n) is 7.90. The Hall–Kier alpha value is -1.21. The topological polar surface area (TPSA) is 44.8 Å². The number of piperazine rings is 1. The molecule has 0 saturated carbocycles. The zero-order chi connectivity index (χ0) is 16.2. The average Bonchev–Trinajstić information content (AvgIpc) is 2.59. The minimum absolute atomic E-state index is 0.0910. The summed E-state index contributed by atoms with van der Waals surface area (Å²) in [7, 11) is 0. The second-order valence-corrected chi connectivity index (χ2v) is 6.29. The van der Waals surface area contributed by atoms with Crippen LogP contribution in [0.25, 0.3) is 0 Å². The fourth-order valence-electron chi connectivity index (χ4n) is 2.98. The zero-order valence-electron chi connectivity index (χ0n) is 12.9. The molecule has 126 valence electrons. The summed E-state index contributed by atoms with van der Waals surface area (Å²) >= 11 is 6.08. The normalized spacial score (nSPS) is 23.0. The van der Waals surface area contributed by atoms with Crippen LogP contribution in [0.5, 0.6) is 0 Å². The maximum absolute atomic E-state index is 13.9. The maximum atomic E-state index is 13.9. The van der Waals surface area contributed by atoms with E-state index in [1.807, 2.05) is 4.90 Å². The molecule has 1 amide bonds. The summed E-state index contributed by atoms with van der Waals surface area (Å²) in [6, 6.07) is 4.50. The van der Waals surface area contributed by atoms with Crippen LogP contribution in [0.15, 0.2) is 18.2 Å². The molecule has 0 aromatic heterocycles. The van der Waals surface area contributed by atoms with Gasteiger partial charge in [-0.3, -0.25) is 9.69 Å². The molecular formula is C16H21ClFN3O2. The van der Waals surface area contributed by atoms with Crippen LogP contribution in [0, 0.1) is 5.82 Å². The number of halogens is 2. The smallest absolute Gasteiger partial charge is 0.242 e. The van der Waals surface area contributed by atoms with Gasteiger partial charge in [-0.2, -0.15) is 0 Å². The molecule has 0 bridgehead atoms. The number of nitrogens with one attached hydrogen (secondary N) is 1. The second-order valence-electron chi connectivity index (χ2n) is 5.88. The Bertz CT molecular complexity index is 538. The molecule has 7 heteroatoms. The van der Waals surface area contributed by atoms with Crippen LogP contribution < -0.4 is 5.32 Å². The predicted octanol–water partition coefficient (Wildman–Crippen LogP) is 1.11. The molecule has 2 aliphatic rings. The first kappa shape index (κ1) is 16.6. The van der Waals surface area contributed by atoms with Crippen molar-refractivity contribution >= 4 is 17.5 Å². The Labute approximate surface area is 140 Å². The van der Waals surface area contributed by atoms with Crippen LogP contribution in [-0.2, 0) is 16.1 Å². The lowest BCUT2D eigenvalue weighted by Crippen LogP contribution is -2.57. The van der Waals surface area contributed by atoms with Gasteiger partial charge in [-0.1, -0.05) is 17.7 Å². The maximum Gasteiger partial charge on any atom is 0.242 e. The Kier molecular flexibility index (Phi) is 5.48. The zero-order valence-corrected chi connectivity index (χ0v) is 13.7. The van der Waals surface area contributed by atoms with Crippen molar-refractivity contribution in [3.8, 4) is 0 Å². The summed E-state index contributed by atoms with van der Waals surface area (Å²) in [6.07, 6.45) is 0. The van der Waals surface area contributed by atoms with Crippen LogP contribution in [0.4, 0.5) is 4.39 Å².